The highest BCUT2D eigenvalue weighted by Gasteiger charge is 2.62. The van der Waals surface area contributed by atoms with Crippen LogP contribution < -0.4 is 5.56 Å². The molecule has 4 aromatic rings. The van der Waals surface area contributed by atoms with E-state index in [1.54, 1.807) is 0 Å². The molecule has 1 saturated carbocycles. The molecular formula is C29H30F6N6O. The maximum absolute atomic E-state index is 15.9. The summed E-state index contributed by atoms with van der Waals surface area (Å²) in [6, 6.07) is 6.95. The number of pyridine rings is 1. The van der Waals surface area contributed by atoms with Crippen LogP contribution in [0, 0.1) is 5.92 Å². The molecule has 6 rings (SSSR count). The van der Waals surface area contributed by atoms with Crippen LogP contribution in [-0.4, -0.2) is 48.2 Å². The Kier molecular flexibility index (Phi) is 6.78. The summed E-state index contributed by atoms with van der Waals surface area (Å²) in [5.74, 6) is -2.81. The number of aromatic amines is 1. The van der Waals surface area contributed by atoms with Crippen LogP contribution >= 0.6 is 0 Å². The first-order chi connectivity index (χ1) is 19.8. The van der Waals surface area contributed by atoms with Gasteiger partial charge in [-0.1, -0.05) is 19.1 Å². The van der Waals surface area contributed by atoms with Crippen LogP contribution in [0.5, 0.6) is 0 Å². The smallest absolute Gasteiger partial charge is 0.353 e. The van der Waals surface area contributed by atoms with Crippen molar-refractivity contribution in [1.82, 2.24) is 29.2 Å². The molecule has 0 radical (unpaired) electrons. The van der Waals surface area contributed by atoms with E-state index in [0.29, 0.717) is 18.2 Å². The van der Waals surface area contributed by atoms with Crippen molar-refractivity contribution in [3.8, 4) is 5.69 Å². The molecule has 42 heavy (non-hydrogen) atoms. The molecule has 13 heteroatoms. The molecule has 0 bridgehead atoms. The summed E-state index contributed by atoms with van der Waals surface area (Å²) in [4.78, 5) is 18.7. The number of benzene rings is 1. The average molecular weight is 593 g/mol. The minimum Gasteiger partial charge on any atom is -0.353 e. The van der Waals surface area contributed by atoms with Crippen LogP contribution in [0.15, 0.2) is 47.7 Å². The maximum atomic E-state index is 15.9. The summed E-state index contributed by atoms with van der Waals surface area (Å²) in [5.41, 5.74) is -3.02. The Hall–Kier alpha value is -3.61. The van der Waals surface area contributed by atoms with Gasteiger partial charge in [-0.25, -0.2) is 13.2 Å². The van der Waals surface area contributed by atoms with Crippen LogP contribution in [-0.2, 0) is 25.2 Å². The summed E-state index contributed by atoms with van der Waals surface area (Å²) >= 11 is 0. The van der Waals surface area contributed by atoms with E-state index in [0.717, 1.165) is 36.7 Å². The second kappa shape index (κ2) is 9.99. The lowest BCUT2D eigenvalue weighted by Crippen LogP contribution is -2.52. The fraction of sp³-hybridized carbons (Fsp3) is 0.483. The molecule has 4 heterocycles. The zero-order chi connectivity index (χ0) is 30.0. The second-order valence-electron chi connectivity index (χ2n) is 11.9. The molecular weight excluding hydrogens is 562 g/mol. The standard InChI is InChI=1S/C29H30F6N6O/c1-17-5-4-8-40(11-17)12-19-10-21-22(29(33,34)35)13-41(26(42)23(21)37-19)20-7-3-6-18(9-20)27(14-28(31,32)15-27)24(30)25-38-36-16-39(25)2/h3,6-7,9-10,13,16-17,24,37H,4-5,8,11-12,14-15H2,1-2H3/t17-,24-/m0/s1. The van der Waals surface area contributed by atoms with E-state index in [9.17, 15) is 26.7 Å². The van der Waals surface area contributed by atoms with Gasteiger partial charge in [0, 0.05) is 61.4 Å². The SMILES string of the molecule is C[C@H]1CCCN(Cc2cc3c(C(F)(F)F)cn(-c4cccc(C5([C@@H](F)c6nncn6C)CC(F)(F)C5)c4)c(=O)c3[nH]2)C1. The summed E-state index contributed by atoms with van der Waals surface area (Å²) in [5, 5.41) is 7.18. The average Bonchev–Trinajstić information content (AvgIpc) is 3.52. The monoisotopic (exact) mass is 592 g/mol. The zero-order valence-electron chi connectivity index (χ0n) is 23.1. The highest BCUT2D eigenvalue weighted by atomic mass is 19.4. The molecule has 7 nitrogen and oxygen atoms in total. The summed E-state index contributed by atoms with van der Waals surface area (Å²) in [6.45, 7) is 4.12. The van der Waals surface area contributed by atoms with Gasteiger partial charge in [-0.3, -0.25) is 14.3 Å². The Morgan fingerprint density at radius 3 is 2.60 bits per heavy atom. The number of piperidine rings is 1. The molecule has 3 aromatic heterocycles. The fourth-order valence-corrected chi connectivity index (χ4v) is 6.58. The number of alkyl halides is 6. The Labute approximate surface area is 237 Å². The van der Waals surface area contributed by atoms with Gasteiger partial charge in [0.1, 0.15) is 11.8 Å². The Morgan fingerprint density at radius 2 is 1.95 bits per heavy atom. The lowest BCUT2D eigenvalue weighted by atomic mass is 9.59. The number of hydrogen-bond donors (Lipinski definition) is 1. The van der Waals surface area contributed by atoms with Crippen LogP contribution in [0.1, 0.15) is 61.4 Å². The number of fused-ring (bicyclic) bond motifs is 1. The van der Waals surface area contributed by atoms with E-state index in [1.807, 2.05) is 0 Å². The first-order valence-electron chi connectivity index (χ1n) is 13.8. The van der Waals surface area contributed by atoms with Crippen LogP contribution in [0.4, 0.5) is 26.3 Å². The summed E-state index contributed by atoms with van der Waals surface area (Å²) < 4.78 is 89.5. The minimum atomic E-state index is -4.78. The van der Waals surface area contributed by atoms with Crippen LogP contribution in [0.3, 0.4) is 0 Å². The van der Waals surface area contributed by atoms with Crippen molar-refractivity contribution in [2.24, 2.45) is 13.0 Å². The number of aryl methyl sites for hydroxylation is 1. The molecule has 0 unspecified atom stereocenters. The molecule has 1 saturated heterocycles. The number of halogens is 6. The first-order valence-corrected chi connectivity index (χ1v) is 13.8. The predicted molar refractivity (Wildman–Crippen MR) is 143 cm³/mol. The van der Waals surface area contributed by atoms with Gasteiger partial charge in [0.15, 0.2) is 12.0 Å². The van der Waals surface area contributed by atoms with E-state index in [2.05, 4.69) is 27.0 Å². The second-order valence-corrected chi connectivity index (χ2v) is 11.9. The number of nitrogens with zero attached hydrogens (tertiary/aromatic N) is 5. The number of likely N-dealkylation sites (tertiary alicyclic amines) is 1. The number of H-pyrrole nitrogens is 1. The minimum absolute atomic E-state index is 0.00524. The van der Waals surface area contributed by atoms with Gasteiger partial charge in [-0.05, 0) is 49.1 Å². The molecule has 1 aliphatic carbocycles. The number of nitrogens with one attached hydrogen (secondary N) is 1. The molecule has 2 aliphatic rings. The third kappa shape index (κ3) is 4.91. The highest BCUT2D eigenvalue weighted by molar-refractivity contribution is 5.84. The van der Waals surface area contributed by atoms with Crippen molar-refractivity contribution >= 4 is 10.9 Å². The van der Waals surface area contributed by atoms with Gasteiger partial charge in [-0.2, -0.15) is 13.2 Å². The molecule has 1 aromatic carbocycles. The number of aromatic nitrogens is 5. The van der Waals surface area contributed by atoms with Gasteiger partial charge < -0.3 is 9.55 Å². The summed E-state index contributed by atoms with van der Waals surface area (Å²) in [7, 11) is 1.49. The Bertz CT molecular complexity index is 1680. The first kappa shape index (κ1) is 28.5. The van der Waals surface area contributed by atoms with E-state index < -0.39 is 47.6 Å². The van der Waals surface area contributed by atoms with Gasteiger partial charge in [0.2, 0.25) is 5.92 Å². The van der Waals surface area contributed by atoms with E-state index in [4.69, 9.17) is 0 Å². The molecule has 2 fully saturated rings. The van der Waals surface area contributed by atoms with Gasteiger partial charge in [0.05, 0.1) is 5.56 Å². The molecule has 2 atom stereocenters. The molecule has 224 valence electrons. The van der Waals surface area contributed by atoms with Crippen molar-refractivity contribution < 1.29 is 26.3 Å². The van der Waals surface area contributed by atoms with Gasteiger partial charge in [-0.15, -0.1) is 10.2 Å². The quantitative estimate of drug-likeness (QED) is 0.276. The lowest BCUT2D eigenvalue weighted by molar-refractivity contribution is -0.151. The van der Waals surface area contributed by atoms with Crippen LogP contribution in [0.25, 0.3) is 16.6 Å². The summed E-state index contributed by atoms with van der Waals surface area (Å²) in [6.07, 6.45) is -4.34. The van der Waals surface area contributed by atoms with Crippen molar-refractivity contribution in [2.75, 3.05) is 13.1 Å². The molecule has 0 amide bonds. The van der Waals surface area contributed by atoms with E-state index in [1.165, 1.54) is 48.3 Å². The van der Waals surface area contributed by atoms with Crippen LogP contribution in [0.2, 0.25) is 0 Å². The van der Waals surface area contributed by atoms with E-state index in [-0.39, 0.29) is 28.0 Å². The predicted octanol–water partition coefficient (Wildman–Crippen LogP) is 6.08. The third-order valence-electron chi connectivity index (χ3n) is 8.60. The number of hydrogen-bond acceptors (Lipinski definition) is 4. The zero-order valence-corrected chi connectivity index (χ0v) is 23.1. The molecule has 1 N–H and O–H groups in total. The maximum Gasteiger partial charge on any atom is 0.418 e. The third-order valence-corrected chi connectivity index (χ3v) is 8.60. The normalized spacial score (nSPS) is 21.4. The largest absolute Gasteiger partial charge is 0.418 e. The molecule has 0 spiro atoms. The van der Waals surface area contributed by atoms with Crippen molar-refractivity contribution in [2.45, 2.75) is 62.8 Å². The topological polar surface area (TPSA) is 71.7 Å². The fourth-order valence-electron chi connectivity index (χ4n) is 6.58. The van der Waals surface area contributed by atoms with Gasteiger partial charge >= 0.3 is 6.18 Å². The highest BCUT2D eigenvalue weighted by Crippen LogP contribution is 2.60. The van der Waals surface area contributed by atoms with Crippen molar-refractivity contribution in [1.29, 1.82) is 0 Å². The number of rotatable bonds is 6. The van der Waals surface area contributed by atoms with Gasteiger partial charge in [0.25, 0.3) is 5.56 Å². The Balaban J connectivity index is 1.44. The molecule has 1 aliphatic heterocycles. The van der Waals surface area contributed by atoms with E-state index >= 15 is 4.39 Å². The Morgan fingerprint density at radius 1 is 1.19 bits per heavy atom. The lowest BCUT2D eigenvalue weighted by Gasteiger charge is -2.49. The van der Waals surface area contributed by atoms with Crippen molar-refractivity contribution in [3.05, 3.63) is 75.9 Å². The van der Waals surface area contributed by atoms with Crippen molar-refractivity contribution in [3.63, 3.8) is 0 Å².